The molecule has 0 aliphatic rings. The quantitative estimate of drug-likeness (QED) is 0.468. The van der Waals surface area contributed by atoms with Gasteiger partial charge in [0.2, 0.25) is 5.91 Å². The van der Waals surface area contributed by atoms with E-state index in [0.717, 1.165) is 17.5 Å². The van der Waals surface area contributed by atoms with Gasteiger partial charge in [0.1, 0.15) is 0 Å². The van der Waals surface area contributed by atoms with Crippen molar-refractivity contribution in [3.63, 3.8) is 0 Å². The van der Waals surface area contributed by atoms with Gasteiger partial charge in [0.05, 0.1) is 6.54 Å². The molecule has 0 radical (unpaired) electrons. The molecule has 2 rings (SSSR count). The highest BCUT2D eigenvalue weighted by Gasteiger charge is 2.11. The molecule has 27 heavy (non-hydrogen) atoms. The van der Waals surface area contributed by atoms with E-state index in [4.69, 9.17) is 5.11 Å². The van der Waals surface area contributed by atoms with Crippen LogP contribution in [0.2, 0.25) is 0 Å². The van der Waals surface area contributed by atoms with Gasteiger partial charge in [-0.3, -0.25) is 14.8 Å². The molecule has 0 aliphatic carbocycles. The number of nitrogens with one attached hydrogen (secondary N) is 1. The highest BCUT2D eigenvalue weighted by Crippen LogP contribution is 2.20. The van der Waals surface area contributed by atoms with E-state index in [2.05, 4.69) is 36.5 Å². The molecule has 0 aromatic heterocycles. The summed E-state index contributed by atoms with van der Waals surface area (Å²) >= 11 is 0. The van der Waals surface area contributed by atoms with Crippen molar-refractivity contribution in [2.45, 2.75) is 26.2 Å². The van der Waals surface area contributed by atoms with Gasteiger partial charge in [-0.25, -0.2) is 5.06 Å². The zero-order chi connectivity index (χ0) is 19.6. The molecule has 0 spiro atoms. The van der Waals surface area contributed by atoms with Crippen LogP contribution in [0.5, 0.6) is 0 Å². The minimum absolute atomic E-state index is 0.00212. The lowest BCUT2D eigenvalue weighted by atomic mass is 10.0. The minimum Gasteiger partial charge on any atom is -0.396 e. The molecular formula is C21H26N2O4. The van der Waals surface area contributed by atoms with Crippen molar-refractivity contribution in [3.05, 3.63) is 59.7 Å². The van der Waals surface area contributed by atoms with Gasteiger partial charge in [-0.2, -0.15) is 0 Å². The van der Waals surface area contributed by atoms with E-state index >= 15 is 0 Å². The van der Waals surface area contributed by atoms with E-state index in [1.165, 1.54) is 5.56 Å². The summed E-state index contributed by atoms with van der Waals surface area (Å²) in [6.07, 6.45) is 1.37. The molecule has 2 amide bonds. The fourth-order valence-corrected chi connectivity index (χ4v) is 2.61. The predicted molar refractivity (Wildman–Crippen MR) is 103 cm³/mol. The maximum absolute atomic E-state index is 12.2. The summed E-state index contributed by atoms with van der Waals surface area (Å²) in [4.78, 5) is 23.7. The van der Waals surface area contributed by atoms with E-state index in [0.29, 0.717) is 17.0 Å². The summed E-state index contributed by atoms with van der Waals surface area (Å²) < 4.78 is 0. The Hall–Kier alpha value is -2.70. The summed E-state index contributed by atoms with van der Waals surface area (Å²) in [5.74, 6) is -0.740. The third-order valence-electron chi connectivity index (χ3n) is 4.29. The van der Waals surface area contributed by atoms with Gasteiger partial charge in [0.25, 0.3) is 5.91 Å². The highest BCUT2D eigenvalue weighted by molar-refractivity contribution is 5.94. The number of hydroxylamine groups is 2. The van der Waals surface area contributed by atoms with E-state index in [-0.39, 0.29) is 32.0 Å². The molecule has 144 valence electrons. The molecule has 6 heteroatoms. The van der Waals surface area contributed by atoms with Crippen molar-refractivity contribution >= 4 is 11.8 Å². The second-order valence-electron chi connectivity index (χ2n) is 6.23. The molecule has 0 atom stereocenters. The Morgan fingerprint density at radius 2 is 1.59 bits per heavy atom. The van der Waals surface area contributed by atoms with Gasteiger partial charge in [-0.1, -0.05) is 43.3 Å². The second kappa shape index (κ2) is 10.4. The molecule has 0 saturated heterocycles. The van der Waals surface area contributed by atoms with Crippen molar-refractivity contribution < 1.29 is 19.9 Å². The number of carbonyl (C=O) groups excluding carboxylic acids is 2. The summed E-state index contributed by atoms with van der Waals surface area (Å²) in [5.41, 5.74) is 3.92. The van der Waals surface area contributed by atoms with E-state index in [9.17, 15) is 14.8 Å². The number of rotatable bonds is 9. The van der Waals surface area contributed by atoms with Gasteiger partial charge < -0.3 is 10.4 Å². The molecule has 0 aliphatic heterocycles. The van der Waals surface area contributed by atoms with Crippen LogP contribution < -0.4 is 5.32 Å². The van der Waals surface area contributed by atoms with Gasteiger partial charge in [0.15, 0.2) is 0 Å². The number of benzene rings is 2. The smallest absolute Gasteiger partial charge is 0.251 e. The average Bonchev–Trinajstić information content (AvgIpc) is 2.72. The van der Waals surface area contributed by atoms with E-state index in [1.54, 1.807) is 12.1 Å². The Kier molecular flexibility index (Phi) is 7.98. The van der Waals surface area contributed by atoms with Crippen LogP contribution in [0.3, 0.4) is 0 Å². The number of hydrogen-bond acceptors (Lipinski definition) is 4. The van der Waals surface area contributed by atoms with Crippen LogP contribution in [0.25, 0.3) is 11.1 Å². The van der Waals surface area contributed by atoms with Crippen LogP contribution in [-0.4, -0.2) is 46.9 Å². The number of nitrogens with zero attached hydrogens (tertiary/aromatic N) is 1. The first kappa shape index (κ1) is 20.6. The second-order valence-corrected chi connectivity index (χ2v) is 6.23. The van der Waals surface area contributed by atoms with Gasteiger partial charge in [-0.15, -0.1) is 0 Å². The lowest BCUT2D eigenvalue weighted by Gasteiger charge is -2.15. The minimum atomic E-state index is -0.475. The van der Waals surface area contributed by atoms with Crippen molar-refractivity contribution in [1.82, 2.24) is 10.4 Å². The van der Waals surface area contributed by atoms with Crippen molar-refractivity contribution in [2.75, 3.05) is 19.7 Å². The number of aryl methyl sites for hydroxylation is 1. The summed E-state index contributed by atoms with van der Waals surface area (Å²) in [5, 5.41) is 21.5. The van der Waals surface area contributed by atoms with Crippen LogP contribution in [-0.2, 0) is 11.2 Å². The molecule has 3 N–H and O–H groups in total. The maximum Gasteiger partial charge on any atom is 0.251 e. The molecule has 0 saturated carbocycles. The molecular weight excluding hydrogens is 344 g/mol. The lowest BCUT2D eigenvalue weighted by molar-refractivity contribution is -0.165. The van der Waals surface area contributed by atoms with Crippen LogP contribution in [0.1, 0.15) is 35.7 Å². The van der Waals surface area contributed by atoms with Crippen LogP contribution >= 0.6 is 0 Å². The number of hydrogen-bond donors (Lipinski definition) is 3. The summed E-state index contributed by atoms with van der Waals surface area (Å²) in [7, 11) is 0. The number of carbonyl (C=O) groups is 2. The summed E-state index contributed by atoms with van der Waals surface area (Å²) in [6.45, 7) is 2.15. The Bertz CT molecular complexity index is 742. The zero-order valence-electron chi connectivity index (χ0n) is 15.5. The highest BCUT2D eigenvalue weighted by atomic mass is 16.5. The van der Waals surface area contributed by atoms with Crippen LogP contribution in [0.15, 0.2) is 48.5 Å². The third-order valence-corrected chi connectivity index (χ3v) is 4.29. The van der Waals surface area contributed by atoms with Crippen LogP contribution in [0.4, 0.5) is 0 Å². The van der Waals surface area contributed by atoms with Crippen LogP contribution in [0, 0.1) is 0 Å². The monoisotopic (exact) mass is 370 g/mol. The molecule has 0 heterocycles. The van der Waals surface area contributed by atoms with Gasteiger partial charge in [0, 0.05) is 25.1 Å². The first-order valence-electron chi connectivity index (χ1n) is 9.12. The fraction of sp³-hybridized carbons (Fsp3) is 0.333. The zero-order valence-corrected chi connectivity index (χ0v) is 15.5. The predicted octanol–water partition coefficient (Wildman–Crippen LogP) is 2.64. The topological polar surface area (TPSA) is 89.9 Å². The number of aliphatic hydroxyl groups excluding tert-OH is 1. The maximum atomic E-state index is 12.2. The van der Waals surface area contributed by atoms with Crippen molar-refractivity contribution in [2.24, 2.45) is 0 Å². The third kappa shape index (κ3) is 6.20. The number of aliphatic hydroxyl groups is 1. The molecule has 2 aromatic carbocycles. The first-order chi connectivity index (χ1) is 13.0. The molecule has 0 unspecified atom stereocenters. The Balaban J connectivity index is 1.85. The largest absolute Gasteiger partial charge is 0.396 e. The SMILES string of the molecule is CCc1ccc(-c2ccc(C(=O)NCCN(O)C(=O)CCCO)cc2)cc1. The lowest BCUT2D eigenvalue weighted by Crippen LogP contribution is -2.36. The van der Waals surface area contributed by atoms with E-state index in [1.807, 2.05) is 12.1 Å². The standard InChI is InChI=1S/C21H26N2O4/c1-2-16-5-7-17(8-6-16)18-9-11-19(12-10-18)21(26)22-13-14-23(27)20(25)4-3-15-24/h5-12,24,27H,2-4,13-15H2,1H3,(H,22,26). The fourth-order valence-electron chi connectivity index (χ4n) is 2.61. The van der Waals surface area contributed by atoms with E-state index < -0.39 is 5.91 Å². The Morgan fingerprint density at radius 1 is 1.00 bits per heavy atom. The van der Waals surface area contributed by atoms with Gasteiger partial charge >= 0.3 is 0 Å². The average molecular weight is 370 g/mol. The van der Waals surface area contributed by atoms with Crippen molar-refractivity contribution in [3.8, 4) is 11.1 Å². The first-order valence-corrected chi connectivity index (χ1v) is 9.12. The van der Waals surface area contributed by atoms with Crippen molar-refractivity contribution in [1.29, 1.82) is 0 Å². The molecule has 0 bridgehead atoms. The normalized spacial score (nSPS) is 10.5. The van der Waals surface area contributed by atoms with Gasteiger partial charge in [-0.05, 0) is 41.7 Å². The molecule has 0 fully saturated rings. The Morgan fingerprint density at radius 3 is 2.15 bits per heavy atom. The molecule has 2 aromatic rings. The number of amides is 2. The summed E-state index contributed by atoms with van der Waals surface area (Å²) in [6, 6.07) is 15.6. The molecule has 6 nitrogen and oxygen atoms in total. The Labute approximate surface area is 159 Å².